The van der Waals surface area contributed by atoms with Crippen molar-refractivity contribution in [1.82, 2.24) is 5.32 Å². The van der Waals surface area contributed by atoms with E-state index in [0.29, 0.717) is 9.13 Å². The number of allylic oxidation sites excluding steroid dienone is 1. The molecule has 0 radical (unpaired) electrons. The summed E-state index contributed by atoms with van der Waals surface area (Å²) in [6, 6.07) is 6.40. The van der Waals surface area contributed by atoms with E-state index in [-0.39, 0.29) is 32.6 Å². The molecule has 0 aliphatic carbocycles. The Kier molecular flexibility index (Phi) is 10.3. The van der Waals surface area contributed by atoms with Crippen LogP contribution in [0, 0.1) is 3.57 Å². The average Bonchev–Trinajstić information content (AvgIpc) is 2.73. The van der Waals surface area contributed by atoms with Gasteiger partial charge in [-0.15, -0.1) is 0 Å². The number of hydrogen-bond acceptors (Lipinski definition) is 2. The lowest BCUT2D eigenvalue weighted by Gasteiger charge is -2.18. The molecule has 2 aromatic carbocycles. The van der Waals surface area contributed by atoms with E-state index in [1.54, 1.807) is 27.9 Å². The van der Waals surface area contributed by atoms with Crippen LogP contribution in [-0.2, 0) is 4.79 Å². The first kappa shape index (κ1) is 29.7. The standard InChI is InChI=1S/C22H15Cl3F6INO2/c23-15-8-12(9-16(24)20(15)25)14(22(29,30)31)4-2-11-1-3-13(17(32)7-11)18(34)5-6-19(35)33-10-21(26,27)28/h1-4,7-9,14H,5-6,10H2,(H,33,35)/b4-2+. The van der Waals surface area contributed by atoms with Gasteiger partial charge in [-0.1, -0.05) is 53.0 Å². The molecule has 3 nitrogen and oxygen atoms in total. The van der Waals surface area contributed by atoms with Crippen LogP contribution in [0.2, 0.25) is 15.1 Å². The molecule has 0 bridgehead atoms. The Morgan fingerprint density at radius 3 is 2.09 bits per heavy atom. The van der Waals surface area contributed by atoms with Gasteiger partial charge in [-0.3, -0.25) is 9.59 Å². The molecule has 13 heteroatoms. The Balaban J connectivity index is 2.15. The van der Waals surface area contributed by atoms with Crippen LogP contribution in [0.1, 0.15) is 40.2 Å². The van der Waals surface area contributed by atoms with Gasteiger partial charge < -0.3 is 5.32 Å². The lowest BCUT2D eigenvalue weighted by Crippen LogP contribution is -2.33. The molecule has 1 amide bonds. The summed E-state index contributed by atoms with van der Waals surface area (Å²) >= 11 is 19.4. The Hall–Kier alpha value is -1.50. The molecule has 0 saturated carbocycles. The van der Waals surface area contributed by atoms with Gasteiger partial charge in [0, 0.05) is 22.0 Å². The number of rotatable bonds is 8. The van der Waals surface area contributed by atoms with Crippen LogP contribution in [0.5, 0.6) is 0 Å². The summed E-state index contributed by atoms with van der Waals surface area (Å²) in [5.74, 6) is -3.46. The summed E-state index contributed by atoms with van der Waals surface area (Å²) in [5.41, 5.74) is 0.336. The maximum Gasteiger partial charge on any atom is 0.405 e. The SMILES string of the molecule is O=C(CCC(=O)c1ccc(/C=C/C(c2cc(Cl)c(Cl)c(Cl)c2)C(F)(F)F)cc1I)NCC(F)(F)F. The number of ketones is 1. The molecule has 1 atom stereocenters. The van der Waals surface area contributed by atoms with Crippen LogP contribution in [0.15, 0.2) is 36.4 Å². The minimum Gasteiger partial charge on any atom is -0.347 e. The van der Waals surface area contributed by atoms with E-state index < -0.39 is 42.9 Å². The van der Waals surface area contributed by atoms with Crippen molar-refractivity contribution in [1.29, 1.82) is 0 Å². The van der Waals surface area contributed by atoms with Crippen molar-refractivity contribution in [3.05, 3.63) is 71.7 Å². The van der Waals surface area contributed by atoms with E-state index in [1.165, 1.54) is 24.3 Å². The number of carbonyl (C=O) groups excluding carboxylic acids is 2. The zero-order valence-corrected chi connectivity index (χ0v) is 21.8. The van der Waals surface area contributed by atoms with Crippen LogP contribution in [0.4, 0.5) is 26.3 Å². The summed E-state index contributed by atoms with van der Waals surface area (Å²) in [5, 5.41) is 1.37. The van der Waals surface area contributed by atoms with Crippen LogP contribution < -0.4 is 5.32 Å². The lowest BCUT2D eigenvalue weighted by atomic mass is 9.96. The van der Waals surface area contributed by atoms with Crippen molar-refractivity contribution in [2.45, 2.75) is 31.1 Å². The number of alkyl halides is 6. The molecule has 0 aromatic heterocycles. The van der Waals surface area contributed by atoms with Crippen molar-refractivity contribution in [3.8, 4) is 0 Å². The smallest absolute Gasteiger partial charge is 0.347 e. The molecule has 35 heavy (non-hydrogen) atoms. The lowest BCUT2D eigenvalue weighted by molar-refractivity contribution is -0.139. The fraction of sp³-hybridized carbons (Fsp3) is 0.273. The highest BCUT2D eigenvalue weighted by atomic mass is 127. The molecule has 190 valence electrons. The first-order valence-electron chi connectivity index (χ1n) is 9.64. The third-order valence-corrected chi connectivity index (χ3v) is 6.65. The molecule has 0 heterocycles. The predicted octanol–water partition coefficient (Wildman–Crippen LogP) is 8.25. The second kappa shape index (κ2) is 12.2. The quantitative estimate of drug-likeness (QED) is 0.133. The van der Waals surface area contributed by atoms with Gasteiger partial charge in [-0.2, -0.15) is 26.3 Å². The fourth-order valence-electron chi connectivity index (χ4n) is 2.88. The van der Waals surface area contributed by atoms with E-state index in [0.717, 1.165) is 18.2 Å². The maximum absolute atomic E-state index is 13.7. The molecule has 0 spiro atoms. The molecule has 1 N–H and O–H groups in total. The Bertz CT molecular complexity index is 1110. The van der Waals surface area contributed by atoms with Crippen LogP contribution in [-0.4, -0.2) is 30.6 Å². The molecule has 0 saturated heterocycles. The van der Waals surface area contributed by atoms with Gasteiger partial charge in [-0.05, 0) is 58.0 Å². The van der Waals surface area contributed by atoms with Crippen LogP contribution in [0.3, 0.4) is 0 Å². The summed E-state index contributed by atoms with van der Waals surface area (Å²) in [6.45, 7) is -1.49. The van der Waals surface area contributed by atoms with Crippen molar-refractivity contribution >= 4 is 75.2 Å². The van der Waals surface area contributed by atoms with Gasteiger partial charge in [0.15, 0.2) is 5.78 Å². The minimum atomic E-state index is -4.66. The van der Waals surface area contributed by atoms with Gasteiger partial charge in [-0.25, -0.2) is 0 Å². The average molecular weight is 673 g/mol. The Morgan fingerprint density at radius 2 is 1.57 bits per heavy atom. The Labute approximate surface area is 224 Å². The van der Waals surface area contributed by atoms with Crippen LogP contribution >= 0.6 is 57.4 Å². The highest BCUT2D eigenvalue weighted by Crippen LogP contribution is 2.41. The van der Waals surface area contributed by atoms with E-state index in [9.17, 15) is 35.9 Å². The number of nitrogens with one attached hydrogen (secondary N) is 1. The number of hydrogen-bond donors (Lipinski definition) is 1. The highest BCUT2D eigenvalue weighted by molar-refractivity contribution is 14.1. The van der Waals surface area contributed by atoms with Crippen molar-refractivity contribution in [2.75, 3.05) is 6.54 Å². The summed E-state index contributed by atoms with van der Waals surface area (Å²) < 4.78 is 77.8. The first-order chi connectivity index (χ1) is 16.1. The summed E-state index contributed by atoms with van der Waals surface area (Å²) in [4.78, 5) is 23.8. The predicted molar refractivity (Wildman–Crippen MR) is 131 cm³/mol. The van der Waals surface area contributed by atoms with E-state index in [2.05, 4.69) is 0 Å². The molecule has 0 aliphatic heterocycles. The van der Waals surface area contributed by atoms with Crippen LogP contribution in [0.25, 0.3) is 6.08 Å². The monoisotopic (exact) mass is 671 g/mol. The number of amides is 1. The van der Waals surface area contributed by atoms with E-state index in [1.807, 2.05) is 0 Å². The van der Waals surface area contributed by atoms with Crippen molar-refractivity contribution in [2.24, 2.45) is 0 Å². The van der Waals surface area contributed by atoms with Gasteiger partial charge >= 0.3 is 12.4 Å². The second-order valence-electron chi connectivity index (χ2n) is 7.23. The normalized spacial score (nSPS) is 13.2. The summed E-state index contributed by atoms with van der Waals surface area (Å²) in [6.07, 6.45) is -7.86. The van der Waals surface area contributed by atoms with Gasteiger partial charge in [0.2, 0.25) is 5.91 Å². The van der Waals surface area contributed by atoms with Crippen molar-refractivity contribution < 1.29 is 35.9 Å². The molecular weight excluding hydrogens is 657 g/mol. The summed E-state index contributed by atoms with van der Waals surface area (Å²) in [7, 11) is 0. The minimum absolute atomic E-state index is 0.0605. The molecule has 2 aromatic rings. The van der Waals surface area contributed by atoms with Gasteiger partial charge in [0.05, 0.1) is 21.0 Å². The molecule has 0 aliphatic rings. The maximum atomic E-state index is 13.7. The number of benzene rings is 2. The van der Waals surface area contributed by atoms with Gasteiger partial charge in [0.1, 0.15) is 6.54 Å². The zero-order valence-electron chi connectivity index (χ0n) is 17.3. The highest BCUT2D eigenvalue weighted by Gasteiger charge is 2.39. The molecule has 1 unspecified atom stereocenters. The zero-order chi connectivity index (χ0) is 26.6. The Morgan fingerprint density at radius 1 is 0.971 bits per heavy atom. The molecule has 0 fully saturated rings. The second-order valence-corrected chi connectivity index (χ2v) is 9.59. The van der Waals surface area contributed by atoms with E-state index in [4.69, 9.17) is 34.8 Å². The first-order valence-corrected chi connectivity index (χ1v) is 11.9. The number of halogens is 10. The van der Waals surface area contributed by atoms with E-state index >= 15 is 0 Å². The fourth-order valence-corrected chi connectivity index (χ4v) is 4.33. The van der Waals surface area contributed by atoms with Gasteiger partial charge in [0.25, 0.3) is 0 Å². The largest absolute Gasteiger partial charge is 0.405 e. The topological polar surface area (TPSA) is 46.2 Å². The number of Topliss-reactive ketones (excluding diaryl/α,β-unsaturated/α-hetero) is 1. The van der Waals surface area contributed by atoms with Crippen molar-refractivity contribution in [3.63, 3.8) is 0 Å². The molecular formula is C22H15Cl3F6INO2. The third kappa shape index (κ3) is 9.14. The molecule has 2 rings (SSSR count). The third-order valence-electron chi connectivity index (χ3n) is 4.56. The number of carbonyl (C=O) groups is 2.